The molecule has 0 radical (unpaired) electrons. The van der Waals surface area contributed by atoms with Crippen molar-refractivity contribution >= 4 is 0 Å². The fraction of sp³-hybridized carbons (Fsp3) is 1.00. The van der Waals surface area contributed by atoms with E-state index in [0.717, 1.165) is 19.3 Å². The van der Waals surface area contributed by atoms with Gasteiger partial charge in [-0.05, 0) is 31.1 Å². The summed E-state index contributed by atoms with van der Waals surface area (Å²) in [6.07, 6.45) is 2.47. The van der Waals surface area contributed by atoms with Gasteiger partial charge in [0.1, 0.15) is 0 Å². The van der Waals surface area contributed by atoms with E-state index < -0.39 is 23.9 Å². The van der Waals surface area contributed by atoms with Gasteiger partial charge in [-0.3, -0.25) is 0 Å². The van der Waals surface area contributed by atoms with E-state index in [-0.39, 0.29) is 37.9 Å². The number of aliphatic hydroxyl groups is 2. The van der Waals surface area contributed by atoms with Crippen LogP contribution in [-0.4, -0.2) is 47.3 Å². The van der Waals surface area contributed by atoms with Gasteiger partial charge in [0, 0.05) is 12.8 Å². The molecule has 2 aliphatic rings. The van der Waals surface area contributed by atoms with Crippen molar-refractivity contribution in [2.75, 3.05) is 13.2 Å². The lowest BCUT2D eigenvalue weighted by molar-refractivity contribution is -0.297. The third-order valence-corrected chi connectivity index (χ3v) is 5.72. The zero-order chi connectivity index (χ0) is 17.8. The molecular weight excluding hydrogens is 318 g/mol. The average molecular weight is 350 g/mol. The summed E-state index contributed by atoms with van der Waals surface area (Å²) in [5, 5.41) is 19.9. The van der Waals surface area contributed by atoms with Gasteiger partial charge in [0.05, 0.1) is 25.4 Å². The normalized spacial score (nSPS) is 33.2. The van der Waals surface area contributed by atoms with E-state index in [2.05, 4.69) is 0 Å². The summed E-state index contributed by atoms with van der Waals surface area (Å²) in [5.74, 6) is -5.20. The van der Waals surface area contributed by atoms with Gasteiger partial charge in [-0.1, -0.05) is 33.1 Å². The third-order valence-electron chi connectivity index (χ3n) is 5.72. The number of unbranched alkanes of at least 4 members (excludes halogenated alkanes) is 3. The Balaban J connectivity index is 1.97. The van der Waals surface area contributed by atoms with E-state index in [1.807, 2.05) is 13.8 Å². The van der Waals surface area contributed by atoms with E-state index in [1.165, 1.54) is 0 Å². The fourth-order valence-electron chi connectivity index (χ4n) is 4.04. The standard InChI is InChI=1S/C18H32F2O4/c1-3-4-5-6-8-17(19,20)18(23-10-11-24-18)9-7-14-13(2)15(21)12-16(14)22/h13-16,21-22H,3-12H2,1-2H3/t13-,14-,15?,16-/m1/s1. The van der Waals surface area contributed by atoms with Gasteiger partial charge in [0.15, 0.2) is 0 Å². The maximum absolute atomic E-state index is 14.8. The molecule has 1 unspecified atom stereocenters. The van der Waals surface area contributed by atoms with Crippen molar-refractivity contribution in [3.63, 3.8) is 0 Å². The number of ether oxygens (including phenoxy) is 2. The van der Waals surface area contributed by atoms with Crippen LogP contribution in [0.3, 0.4) is 0 Å². The van der Waals surface area contributed by atoms with Crippen LogP contribution in [0.5, 0.6) is 0 Å². The molecule has 0 amide bonds. The number of hydrogen-bond donors (Lipinski definition) is 2. The highest BCUT2D eigenvalue weighted by atomic mass is 19.3. The highest BCUT2D eigenvalue weighted by molar-refractivity contribution is 4.94. The Morgan fingerprint density at radius 3 is 2.29 bits per heavy atom. The van der Waals surface area contributed by atoms with Crippen molar-refractivity contribution in [2.24, 2.45) is 11.8 Å². The van der Waals surface area contributed by atoms with E-state index >= 15 is 0 Å². The topological polar surface area (TPSA) is 58.9 Å². The molecule has 4 nitrogen and oxygen atoms in total. The van der Waals surface area contributed by atoms with E-state index in [4.69, 9.17) is 9.47 Å². The van der Waals surface area contributed by atoms with E-state index in [1.54, 1.807) is 0 Å². The predicted octanol–water partition coefficient (Wildman–Crippen LogP) is 3.49. The second-order valence-electron chi connectivity index (χ2n) is 7.40. The smallest absolute Gasteiger partial charge is 0.300 e. The number of alkyl halides is 2. The summed E-state index contributed by atoms with van der Waals surface area (Å²) in [6.45, 7) is 4.26. The lowest BCUT2D eigenvalue weighted by Crippen LogP contribution is -2.49. The predicted molar refractivity (Wildman–Crippen MR) is 86.9 cm³/mol. The van der Waals surface area contributed by atoms with Crippen molar-refractivity contribution in [1.82, 2.24) is 0 Å². The number of halogens is 2. The molecule has 142 valence electrons. The van der Waals surface area contributed by atoms with Crippen LogP contribution in [0.1, 0.15) is 65.2 Å². The van der Waals surface area contributed by atoms with Crippen molar-refractivity contribution in [3.8, 4) is 0 Å². The van der Waals surface area contributed by atoms with E-state index in [9.17, 15) is 19.0 Å². The summed E-state index contributed by atoms with van der Waals surface area (Å²) >= 11 is 0. The van der Waals surface area contributed by atoms with Crippen molar-refractivity contribution in [1.29, 1.82) is 0 Å². The van der Waals surface area contributed by atoms with Crippen molar-refractivity contribution < 1.29 is 28.5 Å². The summed E-state index contributed by atoms with van der Waals surface area (Å²) in [6, 6.07) is 0. The maximum Gasteiger partial charge on any atom is 0.300 e. The average Bonchev–Trinajstić information content (AvgIpc) is 3.10. The van der Waals surface area contributed by atoms with Crippen LogP contribution in [0.4, 0.5) is 8.78 Å². The van der Waals surface area contributed by atoms with Gasteiger partial charge < -0.3 is 19.7 Å². The van der Waals surface area contributed by atoms with Crippen molar-refractivity contribution in [3.05, 3.63) is 0 Å². The molecule has 1 heterocycles. The molecule has 1 saturated heterocycles. The third kappa shape index (κ3) is 4.26. The highest BCUT2D eigenvalue weighted by Crippen LogP contribution is 2.46. The molecule has 0 spiro atoms. The second-order valence-corrected chi connectivity index (χ2v) is 7.40. The molecule has 0 aromatic heterocycles. The van der Waals surface area contributed by atoms with Crippen LogP contribution >= 0.6 is 0 Å². The molecule has 0 aromatic carbocycles. The largest absolute Gasteiger partial charge is 0.393 e. The lowest BCUT2D eigenvalue weighted by Gasteiger charge is -2.36. The minimum atomic E-state index is -3.04. The van der Waals surface area contributed by atoms with Crippen molar-refractivity contribution in [2.45, 2.75) is 89.1 Å². The second kappa shape index (κ2) is 8.39. The Bertz CT molecular complexity index is 385. The Morgan fingerprint density at radius 1 is 1.08 bits per heavy atom. The summed E-state index contributed by atoms with van der Waals surface area (Å²) in [5.41, 5.74) is 0. The van der Waals surface area contributed by atoms with Gasteiger partial charge in [-0.25, -0.2) is 8.78 Å². The Hall–Kier alpha value is -0.300. The minimum Gasteiger partial charge on any atom is -0.393 e. The highest BCUT2D eigenvalue weighted by Gasteiger charge is 2.58. The summed E-state index contributed by atoms with van der Waals surface area (Å²) in [7, 11) is 0. The van der Waals surface area contributed by atoms with Crippen LogP contribution in [0, 0.1) is 11.8 Å². The maximum atomic E-state index is 14.8. The van der Waals surface area contributed by atoms with Crippen LogP contribution in [0.15, 0.2) is 0 Å². The molecule has 2 N–H and O–H groups in total. The monoisotopic (exact) mass is 350 g/mol. The van der Waals surface area contributed by atoms with Gasteiger partial charge >= 0.3 is 5.92 Å². The van der Waals surface area contributed by atoms with Crippen LogP contribution in [-0.2, 0) is 9.47 Å². The zero-order valence-corrected chi connectivity index (χ0v) is 14.8. The Kier molecular flexibility index (Phi) is 7.00. The molecule has 0 bridgehead atoms. The molecule has 6 heteroatoms. The SMILES string of the molecule is CCCCCCC(F)(F)C1(CC[C@H]2[C@H](O)CC(O)[C@@H]2C)OCCO1. The molecule has 2 fully saturated rings. The molecule has 4 atom stereocenters. The summed E-state index contributed by atoms with van der Waals surface area (Å²) < 4.78 is 40.4. The molecule has 1 aliphatic carbocycles. The minimum absolute atomic E-state index is 0.0482. The van der Waals surface area contributed by atoms with Gasteiger partial charge in [0.25, 0.3) is 0 Å². The Labute approximate surface area is 143 Å². The summed E-state index contributed by atoms with van der Waals surface area (Å²) in [4.78, 5) is 0. The first-order valence-electron chi connectivity index (χ1n) is 9.35. The first kappa shape index (κ1) is 20.0. The molecule has 1 saturated carbocycles. The molecule has 0 aromatic rings. The quantitative estimate of drug-likeness (QED) is 0.625. The zero-order valence-electron chi connectivity index (χ0n) is 14.8. The van der Waals surface area contributed by atoms with Gasteiger partial charge in [0.2, 0.25) is 5.79 Å². The molecule has 24 heavy (non-hydrogen) atoms. The van der Waals surface area contributed by atoms with Crippen LogP contribution in [0.25, 0.3) is 0 Å². The number of hydrogen-bond acceptors (Lipinski definition) is 4. The van der Waals surface area contributed by atoms with Gasteiger partial charge in [-0.2, -0.15) is 0 Å². The lowest BCUT2D eigenvalue weighted by atomic mass is 9.87. The molecular formula is C18H32F2O4. The first-order valence-corrected chi connectivity index (χ1v) is 9.35. The molecule has 1 aliphatic heterocycles. The van der Waals surface area contributed by atoms with Gasteiger partial charge in [-0.15, -0.1) is 0 Å². The van der Waals surface area contributed by atoms with Crippen LogP contribution in [0.2, 0.25) is 0 Å². The van der Waals surface area contributed by atoms with E-state index in [0.29, 0.717) is 19.3 Å². The fourth-order valence-corrected chi connectivity index (χ4v) is 4.04. The van der Waals surface area contributed by atoms with Crippen LogP contribution < -0.4 is 0 Å². The first-order chi connectivity index (χ1) is 11.3. The number of rotatable bonds is 9. The number of aliphatic hydroxyl groups excluding tert-OH is 2. The Morgan fingerprint density at radius 2 is 1.75 bits per heavy atom. The molecule has 2 rings (SSSR count).